The van der Waals surface area contributed by atoms with E-state index in [0.717, 1.165) is 17.1 Å². The predicted octanol–water partition coefficient (Wildman–Crippen LogP) is 1.41. The molecule has 0 amide bonds. The third kappa shape index (κ3) is 3.40. The number of aromatic nitrogens is 7. The van der Waals surface area contributed by atoms with E-state index in [0.29, 0.717) is 11.7 Å². The minimum atomic E-state index is -0.00129. The van der Waals surface area contributed by atoms with E-state index in [9.17, 15) is 0 Å². The van der Waals surface area contributed by atoms with E-state index in [4.69, 9.17) is 5.11 Å². The van der Waals surface area contributed by atoms with Crippen molar-refractivity contribution in [3.8, 4) is 5.69 Å². The van der Waals surface area contributed by atoms with Gasteiger partial charge in [-0.1, -0.05) is 23.9 Å². The molecule has 9 heteroatoms. The molecule has 120 valence electrons. The summed E-state index contributed by atoms with van der Waals surface area (Å²) >= 11 is 1.50. The molecule has 2 aromatic heterocycles. The summed E-state index contributed by atoms with van der Waals surface area (Å²) in [5.74, 6) is 0.780. The first-order valence-electron chi connectivity index (χ1n) is 7.19. The van der Waals surface area contributed by atoms with Crippen LogP contribution in [-0.4, -0.2) is 46.7 Å². The van der Waals surface area contributed by atoms with Crippen LogP contribution in [-0.2, 0) is 6.54 Å². The van der Waals surface area contributed by atoms with Crippen LogP contribution in [0.1, 0.15) is 23.6 Å². The normalized spacial score (nSPS) is 12.5. The minimum absolute atomic E-state index is 0.00129. The summed E-state index contributed by atoms with van der Waals surface area (Å²) in [6.45, 7) is 4.48. The van der Waals surface area contributed by atoms with Crippen LogP contribution in [0.3, 0.4) is 0 Å². The Hall–Kier alpha value is -2.26. The second-order valence-corrected chi connectivity index (χ2v) is 6.35. The number of nitrogens with zero attached hydrogens (tertiary/aromatic N) is 7. The van der Waals surface area contributed by atoms with Gasteiger partial charge in [-0.15, -0.1) is 5.10 Å². The third-order valence-electron chi connectivity index (χ3n) is 3.29. The number of aliphatic hydroxyl groups excluding tert-OH is 1. The number of aliphatic hydroxyl groups is 1. The molecule has 0 aliphatic rings. The zero-order valence-electron chi connectivity index (χ0n) is 12.9. The fraction of sp³-hybridized carbons (Fsp3) is 0.357. The lowest BCUT2D eigenvalue weighted by Crippen LogP contribution is -2.10. The van der Waals surface area contributed by atoms with Crippen LogP contribution in [0.4, 0.5) is 0 Å². The molecule has 1 N–H and O–H groups in total. The van der Waals surface area contributed by atoms with Crippen molar-refractivity contribution in [1.29, 1.82) is 0 Å². The van der Waals surface area contributed by atoms with Gasteiger partial charge in [-0.2, -0.15) is 9.78 Å². The largest absolute Gasteiger partial charge is 0.394 e. The van der Waals surface area contributed by atoms with Crippen molar-refractivity contribution in [1.82, 2.24) is 35.0 Å². The van der Waals surface area contributed by atoms with Crippen molar-refractivity contribution in [2.45, 2.75) is 30.8 Å². The lowest BCUT2D eigenvalue weighted by Gasteiger charge is -2.11. The molecular weight excluding hydrogens is 314 g/mol. The maximum absolute atomic E-state index is 9.09. The first-order chi connectivity index (χ1) is 11.2. The Kier molecular flexibility index (Phi) is 4.68. The summed E-state index contributed by atoms with van der Waals surface area (Å²) in [7, 11) is 0. The van der Waals surface area contributed by atoms with Gasteiger partial charge in [0.15, 0.2) is 0 Å². The Morgan fingerprint density at radius 1 is 1.35 bits per heavy atom. The smallest absolute Gasteiger partial charge is 0.214 e. The molecule has 0 radical (unpaired) electrons. The van der Waals surface area contributed by atoms with E-state index in [-0.39, 0.29) is 11.9 Å². The van der Waals surface area contributed by atoms with Crippen LogP contribution in [0.2, 0.25) is 0 Å². The Balaban J connectivity index is 1.84. The standard InChI is InChI=1S/C14H17N7OS/c1-10-4-3-5-12(8-10)21-14(17-18-19-21)23-11(2)13-15-9-16-20(13)6-7-22/h3-5,8-9,11,22H,6-7H2,1-2H3/t11-/m1/s1. The Morgan fingerprint density at radius 2 is 2.22 bits per heavy atom. The van der Waals surface area contributed by atoms with Crippen LogP contribution in [0.25, 0.3) is 5.69 Å². The fourth-order valence-electron chi connectivity index (χ4n) is 2.24. The molecule has 0 aliphatic heterocycles. The van der Waals surface area contributed by atoms with E-state index >= 15 is 0 Å². The van der Waals surface area contributed by atoms with Gasteiger partial charge in [0.2, 0.25) is 5.16 Å². The van der Waals surface area contributed by atoms with Crippen LogP contribution in [0.5, 0.6) is 0 Å². The summed E-state index contributed by atoms with van der Waals surface area (Å²) in [5.41, 5.74) is 2.06. The molecule has 0 saturated heterocycles. The number of thioether (sulfide) groups is 1. The monoisotopic (exact) mass is 331 g/mol. The van der Waals surface area contributed by atoms with Crippen molar-refractivity contribution in [2.75, 3.05) is 6.61 Å². The van der Waals surface area contributed by atoms with Crippen molar-refractivity contribution in [2.24, 2.45) is 0 Å². The average Bonchev–Trinajstić information content (AvgIpc) is 3.17. The molecule has 8 nitrogen and oxygen atoms in total. The van der Waals surface area contributed by atoms with Crippen LogP contribution >= 0.6 is 11.8 Å². The predicted molar refractivity (Wildman–Crippen MR) is 85.3 cm³/mol. The topological polar surface area (TPSA) is 94.5 Å². The minimum Gasteiger partial charge on any atom is -0.394 e. The molecule has 3 aromatic rings. The number of hydrogen-bond donors (Lipinski definition) is 1. The molecule has 2 heterocycles. The van der Waals surface area contributed by atoms with Crippen LogP contribution in [0.15, 0.2) is 35.7 Å². The highest BCUT2D eigenvalue weighted by Crippen LogP contribution is 2.32. The van der Waals surface area contributed by atoms with Crippen LogP contribution < -0.4 is 0 Å². The molecule has 0 unspecified atom stereocenters. The molecule has 0 fully saturated rings. The Bertz CT molecular complexity index is 785. The summed E-state index contributed by atoms with van der Waals surface area (Å²) in [5, 5.41) is 25.8. The Morgan fingerprint density at radius 3 is 3.00 bits per heavy atom. The molecule has 0 aliphatic carbocycles. The molecule has 1 aromatic carbocycles. The van der Waals surface area contributed by atoms with Crippen molar-refractivity contribution < 1.29 is 5.11 Å². The molecule has 1 atom stereocenters. The summed E-state index contributed by atoms with van der Waals surface area (Å²) in [6.07, 6.45) is 1.49. The molecule has 23 heavy (non-hydrogen) atoms. The molecule has 0 spiro atoms. The van der Waals surface area contributed by atoms with Crippen molar-refractivity contribution in [3.63, 3.8) is 0 Å². The molecule has 0 saturated carbocycles. The second-order valence-electron chi connectivity index (χ2n) is 5.04. The highest BCUT2D eigenvalue weighted by Gasteiger charge is 2.19. The first-order valence-corrected chi connectivity index (χ1v) is 8.07. The highest BCUT2D eigenvalue weighted by molar-refractivity contribution is 7.99. The number of aryl methyl sites for hydroxylation is 1. The fourth-order valence-corrected chi connectivity index (χ4v) is 3.17. The summed E-state index contributed by atoms with van der Waals surface area (Å²) in [6, 6.07) is 7.99. The van der Waals surface area contributed by atoms with Gasteiger partial charge in [0, 0.05) is 0 Å². The molecular formula is C14H17N7OS. The van der Waals surface area contributed by atoms with E-state index < -0.39 is 0 Å². The number of tetrazole rings is 1. The first kappa shape index (κ1) is 15.6. The van der Waals surface area contributed by atoms with E-state index in [1.54, 1.807) is 9.36 Å². The maximum atomic E-state index is 9.09. The van der Waals surface area contributed by atoms with E-state index in [1.807, 2.05) is 38.1 Å². The van der Waals surface area contributed by atoms with Gasteiger partial charge >= 0.3 is 0 Å². The van der Waals surface area contributed by atoms with Crippen LogP contribution in [0, 0.1) is 6.92 Å². The van der Waals surface area contributed by atoms with Gasteiger partial charge in [0.1, 0.15) is 12.2 Å². The lowest BCUT2D eigenvalue weighted by atomic mass is 10.2. The van der Waals surface area contributed by atoms with Crippen molar-refractivity contribution >= 4 is 11.8 Å². The average molecular weight is 331 g/mol. The third-order valence-corrected chi connectivity index (χ3v) is 4.32. The van der Waals surface area contributed by atoms with E-state index in [1.165, 1.54) is 18.1 Å². The Labute approximate surface area is 137 Å². The zero-order chi connectivity index (χ0) is 16.2. The number of benzene rings is 1. The van der Waals surface area contributed by atoms with Gasteiger partial charge < -0.3 is 5.11 Å². The molecule has 3 rings (SSSR count). The quantitative estimate of drug-likeness (QED) is 0.682. The van der Waals surface area contributed by atoms with Gasteiger partial charge in [-0.25, -0.2) is 9.67 Å². The van der Waals surface area contributed by atoms with Gasteiger partial charge in [-0.05, 0) is 42.0 Å². The highest BCUT2D eigenvalue weighted by atomic mass is 32.2. The maximum Gasteiger partial charge on any atom is 0.214 e. The van der Waals surface area contributed by atoms with Gasteiger partial charge in [0.25, 0.3) is 0 Å². The van der Waals surface area contributed by atoms with E-state index in [2.05, 4.69) is 25.6 Å². The number of rotatable bonds is 6. The summed E-state index contributed by atoms with van der Waals surface area (Å²) < 4.78 is 3.40. The SMILES string of the molecule is Cc1cccc(-n2nnnc2S[C@H](C)c2ncnn2CCO)c1. The van der Waals surface area contributed by atoms with Gasteiger partial charge in [-0.3, -0.25) is 0 Å². The lowest BCUT2D eigenvalue weighted by molar-refractivity contribution is 0.267. The van der Waals surface area contributed by atoms with Crippen molar-refractivity contribution in [3.05, 3.63) is 42.0 Å². The number of hydrogen-bond acceptors (Lipinski definition) is 7. The summed E-state index contributed by atoms with van der Waals surface area (Å²) in [4.78, 5) is 4.27. The van der Waals surface area contributed by atoms with Gasteiger partial charge in [0.05, 0.1) is 24.1 Å². The molecule has 0 bridgehead atoms. The second kappa shape index (κ2) is 6.88. The zero-order valence-corrected chi connectivity index (χ0v) is 13.7.